The zero-order valence-electron chi connectivity index (χ0n) is 8.30. The first kappa shape index (κ1) is 10.0. The van der Waals surface area contributed by atoms with Crippen LogP contribution in [0.1, 0.15) is 37.3 Å². The molecule has 14 heavy (non-hydrogen) atoms. The second kappa shape index (κ2) is 4.81. The van der Waals surface area contributed by atoms with Crippen molar-refractivity contribution >= 4 is 11.6 Å². The van der Waals surface area contributed by atoms with Crippen molar-refractivity contribution in [1.29, 1.82) is 0 Å². The first-order chi connectivity index (χ1) is 6.88. The molecule has 1 aromatic carbocycles. The smallest absolute Gasteiger partial charge is 0.0453 e. The van der Waals surface area contributed by atoms with E-state index in [0.29, 0.717) is 6.04 Å². The summed E-state index contributed by atoms with van der Waals surface area (Å²) in [5.74, 6) is 0. The molecule has 1 aliphatic heterocycles. The SMILES string of the molecule is Clc1ccccc1C1CCCCCN1. The summed E-state index contributed by atoms with van der Waals surface area (Å²) in [6.45, 7) is 1.12. The van der Waals surface area contributed by atoms with Crippen LogP contribution in [0.25, 0.3) is 0 Å². The summed E-state index contributed by atoms with van der Waals surface area (Å²) in [5, 5.41) is 4.45. The maximum absolute atomic E-state index is 6.17. The normalized spacial score (nSPS) is 23.1. The Balaban J connectivity index is 2.16. The molecule has 76 valence electrons. The Bertz CT molecular complexity index is 290. The number of rotatable bonds is 1. The molecule has 0 saturated carbocycles. The van der Waals surface area contributed by atoms with Crippen LogP contribution in [0, 0.1) is 0 Å². The first-order valence-corrected chi connectivity index (χ1v) is 5.73. The summed E-state index contributed by atoms with van der Waals surface area (Å²) < 4.78 is 0. The molecule has 0 aliphatic carbocycles. The van der Waals surface area contributed by atoms with Crippen LogP contribution in [0.15, 0.2) is 24.3 Å². The molecule has 0 spiro atoms. The van der Waals surface area contributed by atoms with Gasteiger partial charge in [0.2, 0.25) is 0 Å². The molecule has 0 bridgehead atoms. The van der Waals surface area contributed by atoms with Crippen molar-refractivity contribution in [3.8, 4) is 0 Å². The molecule has 1 nitrogen and oxygen atoms in total. The summed E-state index contributed by atoms with van der Waals surface area (Å²) in [6, 6.07) is 8.62. The topological polar surface area (TPSA) is 12.0 Å². The van der Waals surface area contributed by atoms with E-state index in [1.54, 1.807) is 0 Å². The summed E-state index contributed by atoms with van der Waals surface area (Å²) in [5.41, 5.74) is 1.26. The van der Waals surface area contributed by atoms with Crippen molar-refractivity contribution in [2.45, 2.75) is 31.7 Å². The Morgan fingerprint density at radius 1 is 1.14 bits per heavy atom. The predicted molar refractivity (Wildman–Crippen MR) is 60.7 cm³/mol. The van der Waals surface area contributed by atoms with Gasteiger partial charge in [-0.15, -0.1) is 0 Å². The quantitative estimate of drug-likeness (QED) is 0.746. The maximum Gasteiger partial charge on any atom is 0.0453 e. The standard InChI is InChI=1S/C12H16ClN/c13-11-7-4-3-6-10(11)12-8-2-1-5-9-14-12/h3-4,6-7,12,14H,1-2,5,8-9H2. The van der Waals surface area contributed by atoms with Gasteiger partial charge in [-0.05, 0) is 31.0 Å². The molecule has 1 heterocycles. The number of hydrogen-bond acceptors (Lipinski definition) is 1. The maximum atomic E-state index is 6.17. The molecule has 0 radical (unpaired) electrons. The van der Waals surface area contributed by atoms with Crippen molar-refractivity contribution in [1.82, 2.24) is 5.32 Å². The lowest BCUT2D eigenvalue weighted by Gasteiger charge is -2.17. The predicted octanol–water partition coefficient (Wildman–Crippen LogP) is 3.54. The van der Waals surface area contributed by atoms with Crippen LogP contribution < -0.4 is 5.32 Å². The van der Waals surface area contributed by atoms with E-state index in [1.807, 2.05) is 12.1 Å². The van der Waals surface area contributed by atoms with Gasteiger partial charge in [0.15, 0.2) is 0 Å². The fraction of sp³-hybridized carbons (Fsp3) is 0.500. The fourth-order valence-electron chi connectivity index (χ4n) is 2.05. The minimum absolute atomic E-state index is 0.464. The molecule has 1 aromatic rings. The molecule has 1 unspecified atom stereocenters. The highest BCUT2D eigenvalue weighted by Gasteiger charge is 2.15. The van der Waals surface area contributed by atoms with Crippen molar-refractivity contribution < 1.29 is 0 Å². The Hall–Kier alpha value is -0.530. The van der Waals surface area contributed by atoms with E-state index in [9.17, 15) is 0 Å². The Morgan fingerprint density at radius 3 is 2.86 bits per heavy atom. The largest absolute Gasteiger partial charge is 0.310 e. The van der Waals surface area contributed by atoms with Gasteiger partial charge in [0, 0.05) is 11.1 Å². The Labute approximate surface area is 90.5 Å². The van der Waals surface area contributed by atoms with E-state index in [0.717, 1.165) is 11.6 Å². The van der Waals surface area contributed by atoms with Crippen molar-refractivity contribution in [2.24, 2.45) is 0 Å². The second-order valence-electron chi connectivity index (χ2n) is 3.88. The van der Waals surface area contributed by atoms with Crippen LogP contribution in [-0.2, 0) is 0 Å². The molecule has 0 aromatic heterocycles. The molecule has 1 fully saturated rings. The van der Waals surface area contributed by atoms with Crippen LogP contribution in [-0.4, -0.2) is 6.54 Å². The third-order valence-electron chi connectivity index (χ3n) is 2.84. The summed E-state index contributed by atoms with van der Waals surface area (Å²) in [4.78, 5) is 0. The Morgan fingerprint density at radius 2 is 2.00 bits per heavy atom. The highest BCUT2D eigenvalue weighted by atomic mass is 35.5. The summed E-state index contributed by atoms with van der Waals surface area (Å²) >= 11 is 6.17. The molecular weight excluding hydrogens is 194 g/mol. The van der Waals surface area contributed by atoms with Gasteiger partial charge in [0.1, 0.15) is 0 Å². The van der Waals surface area contributed by atoms with Crippen LogP contribution >= 0.6 is 11.6 Å². The average Bonchev–Trinajstić information content (AvgIpc) is 2.47. The highest BCUT2D eigenvalue weighted by Crippen LogP contribution is 2.27. The van der Waals surface area contributed by atoms with Crippen molar-refractivity contribution in [3.05, 3.63) is 34.9 Å². The van der Waals surface area contributed by atoms with E-state index < -0.39 is 0 Å². The zero-order valence-corrected chi connectivity index (χ0v) is 9.06. The van der Waals surface area contributed by atoms with Crippen LogP contribution in [0.4, 0.5) is 0 Å². The van der Waals surface area contributed by atoms with E-state index in [2.05, 4.69) is 17.4 Å². The summed E-state index contributed by atoms with van der Waals surface area (Å²) in [6.07, 6.45) is 5.15. The Kier molecular flexibility index (Phi) is 3.44. The summed E-state index contributed by atoms with van der Waals surface area (Å²) in [7, 11) is 0. The van der Waals surface area contributed by atoms with Crippen molar-refractivity contribution in [2.75, 3.05) is 6.54 Å². The van der Waals surface area contributed by atoms with Gasteiger partial charge >= 0.3 is 0 Å². The van der Waals surface area contributed by atoms with E-state index >= 15 is 0 Å². The zero-order chi connectivity index (χ0) is 9.80. The molecular formula is C12H16ClN. The lowest BCUT2D eigenvalue weighted by atomic mass is 10.0. The lowest BCUT2D eigenvalue weighted by molar-refractivity contribution is 0.535. The van der Waals surface area contributed by atoms with E-state index in [1.165, 1.54) is 31.2 Å². The number of benzene rings is 1. The molecule has 2 heteroatoms. The highest BCUT2D eigenvalue weighted by molar-refractivity contribution is 6.31. The molecule has 1 atom stereocenters. The van der Waals surface area contributed by atoms with Gasteiger partial charge in [-0.25, -0.2) is 0 Å². The molecule has 1 aliphatic rings. The van der Waals surface area contributed by atoms with Gasteiger partial charge in [0.25, 0.3) is 0 Å². The minimum atomic E-state index is 0.464. The monoisotopic (exact) mass is 209 g/mol. The minimum Gasteiger partial charge on any atom is -0.310 e. The van der Waals surface area contributed by atoms with Gasteiger partial charge in [0.05, 0.1) is 0 Å². The van der Waals surface area contributed by atoms with Gasteiger partial charge < -0.3 is 5.32 Å². The van der Waals surface area contributed by atoms with Crippen LogP contribution in [0.5, 0.6) is 0 Å². The fourth-order valence-corrected chi connectivity index (χ4v) is 2.32. The van der Waals surface area contributed by atoms with Gasteiger partial charge in [-0.3, -0.25) is 0 Å². The molecule has 1 saturated heterocycles. The van der Waals surface area contributed by atoms with Gasteiger partial charge in [-0.2, -0.15) is 0 Å². The van der Waals surface area contributed by atoms with E-state index in [-0.39, 0.29) is 0 Å². The van der Waals surface area contributed by atoms with Gasteiger partial charge in [-0.1, -0.05) is 42.6 Å². The lowest BCUT2D eigenvalue weighted by Crippen LogP contribution is -2.20. The second-order valence-corrected chi connectivity index (χ2v) is 4.28. The van der Waals surface area contributed by atoms with Crippen LogP contribution in [0.3, 0.4) is 0 Å². The molecule has 2 rings (SSSR count). The number of hydrogen-bond donors (Lipinski definition) is 1. The average molecular weight is 210 g/mol. The molecule has 0 amide bonds. The first-order valence-electron chi connectivity index (χ1n) is 5.36. The number of halogens is 1. The third-order valence-corrected chi connectivity index (χ3v) is 3.19. The van der Waals surface area contributed by atoms with Crippen molar-refractivity contribution in [3.63, 3.8) is 0 Å². The molecule has 1 N–H and O–H groups in total. The van der Waals surface area contributed by atoms with Crippen LogP contribution in [0.2, 0.25) is 5.02 Å². The van der Waals surface area contributed by atoms with E-state index in [4.69, 9.17) is 11.6 Å². The number of nitrogens with one attached hydrogen (secondary N) is 1. The third kappa shape index (κ3) is 2.28.